The number of hydrogen-bond acceptors (Lipinski definition) is 1. The Balaban J connectivity index is 1.79. The second-order valence-corrected chi connectivity index (χ2v) is 8.71. The van der Waals surface area contributed by atoms with E-state index in [-0.39, 0.29) is 18.0 Å². The molecule has 0 saturated heterocycles. The molecule has 5 rings (SSSR count). The number of fused-ring (bicyclic) bond motifs is 1. The number of carbonyl (C=O) groups is 1. The molecule has 3 aromatic carbocycles. The van der Waals surface area contributed by atoms with E-state index in [4.69, 9.17) is 0 Å². The average Bonchev–Trinajstić information content (AvgIpc) is 3.25. The van der Waals surface area contributed by atoms with Gasteiger partial charge in [0.2, 0.25) is 0 Å². The van der Waals surface area contributed by atoms with E-state index in [9.17, 15) is 4.79 Å². The average molecular weight is 421 g/mol. The predicted molar refractivity (Wildman–Crippen MR) is 131 cm³/mol. The van der Waals surface area contributed by atoms with Crippen LogP contribution in [0, 0.1) is 0 Å². The molecule has 1 aliphatic heterocycles. The van der Waals surface area contributed by atoms with Crippen molar-refractivity contribution in [2.24, 2.45) is 7.05 Å². The van der Waals surface area contributed by atoms with Crippen LogP contribution in [-0.2, 0) is 11.8 Å². The van der Waals surface area contributed by atoms with Gasteiger partial charge in [-0.15, -0.1) is 0 Å². The van der Waals surface area contributed by atoms with Crippen LogP contribution in [0.3, 0.4) is 0 Å². The van der Waals surface area contributed by atoms with Crippen LogP contribution in [0.2, 0.25) is 0 Å². The van der Waals surface area contributed by atoms with Gasteiger partial charge >= 0.3 is 0 Å². The molecular weight excluding hydrogens is 392 g/mol. The fourth-order valence-electron chi connectivity index (χ4n) is 5.19. The van der Waals surface area contributed by atoms with E-state index in [0.29, 0.717) is 0 Å². The number of aryl methyl sites for hydroxylation is 1. The maximum absolute atomic E-state index is 13.6. The summed E-state index contributed by atoms with van der Waals surface area (Å²) in [6, 6.07) is 29.2. The van der Waals surface area contributed by atoms with Gasteiger partial charge in [-0.3, -0.25) is 4.79 Å². The quantitative estimate of drug-likeness (QED) is 0.355. The highest BCUT2D eigenvalue weighted by molar-refractivity contribution is 6.00. The summed E-state index contributed by atoms with van der Waals surface area (Å²) in [5.74, 6) is 0.121. The number of hydrogen-bond donors (Lipinski definition) is 0. The van der Waals surface area contributed by atoms with Gasteiger partial charge in [-0.25, -0.2) is 0 Å². The van der Waals surface area contributed by atoms with Crippen LogP contribution in [0.25, 0.3) is 22.2 Å². The first-order chi connectivity index (χ1) is 15.5. The summed E-state index contributed by atoms with van der Waals surface area (Å²) in [7, 11) is 2.13. The summed E-state index contributed by atoms with van der Waals surface area (Å²) >= 11 is 0. The van der Waals surface area contributed by atoms with Crippen LogP contribution in [0.4, 0.5) is 0 Å². The van der Waals surface area contributed by atoms with Crippen molar-refractivity contribution >= 4 is 16.8 Å². The lowest BCUT2D eigenvalue weighted by atomic mass is 9.92. The Bertz CT molecular complexity index is 1330. The van der Waals surface area contributed by atoms with Crippen LogP contribution < -0.4 is 0 Å². The number of carbonyl (C=O) groups excluding carboxylic acids is 1. The van der Waals surface area contributed by atoms with Crippen molar-refractivity contribution in [1.82, 2.24) is 9.47 Å². The molecule has 0 saturated carbocycles. The number of para-hydroxylation sites is 1. The van der Waals surface area contributed by atoms with E-state index in [1.165, 1.54) is 27.7 Å². The third kappa shape index (κ3) is 3.00. The first-order valence-corrected chi connectivity index (χ1v) is 11.2. The van der Waals surface area contributed by atoms with E-state index in [2.05, 4.69) is 91.0 Å². The third-order valence-electron chi connectivity index (χ3n) is 7.00. The van der Waals surface area contributed by atoms with Crippen molar-refractivity contribution in [3.63, 3.8) is 0 Å². The highest BCUT2D eigenvalue weighted by Gasteiger charge is 2.41. The molecule has 2 heterocycles. The largest absolute Gasteiger partial charge is 0.343 e. The van der Waals surface area contributed by atoms with Crippen molar-refractivity contribution in [1.29, 1.82) is 0 Å². The Morgan fingerprint density at radius 2 is 1.41 bits per heavy atom. The molecule has 32 heavy (non-hydrogen) atoms. The highest BCUT2D eigenvalue weighted by Crippen LogP contribution is 2.48. The molecule has 0 radical (unpaired) electrons. The summed E-state index contributed by atoms with van der Waals surface area (Å²) in [4.78, 5) is 15.6. The number of rotatable bonds is 4. The second kappa shape index (κ2) is 7.83. The normalized spacial score (nSPS) is 17.4. The fourth-order valence-corrected chi connectivity index (χ4v) is 5.19. The minimum absolute atomic E-state index is 0.0382. The summed E-state index contributed by atoms with van der Waals surface area (Å²) in [6.45, 7) is 6.22. The molecule has 3 nitrogen and oxygen atoms in total. The molecule has 1 aromatic heterocycles. The molecule has 0 fully saturated rings. The predicted octanol–water partition coefficient (Wildman–Crippen LogP) is 6.83. The molecule has 1 amide bonds. The molecule has 1 aliphatic rings. The first-order valence-electron chi connectivity index (χ1n) is 11.2. The molecule has 2 unspecified atom stereocenters. The molecule has 0 aliphatic carbocycles. The lowest BCUT2D eigenvalue weighted by Gasteiger charge is -2.33. The van der Waals surface area contributed by atoms with Gasteiger partial charge in [-0.2, -0.15) is 0 Å². The summed E-state index contributed by atoms with van der Waals surface area (Å²) in [5, 5.41) is 1.20. The SMILES string of the molecule is CC1=C(C)C(c2c(-c3ccccc3)n(C)c3ccccc23)N(C(C)c2ccccc2)C1=O. The molecule has 2 atom stereocenters. The Labute approximate surface area is 189 Å². The van der Waals surface area contributed by atoms with E-state index in [0.717, 1.165) is 16.7 Å². The highest BCUT2D eigenvalue weighted by atomic mass is 16.2. The zero-order valence-corrected chi connectivity index (χ0v) is 19.0. The van der Waals surface area contributed by atoms with E-state index in [1.807, 2.05) is 31.2 Å². The van der Waals surface area contributed by atoms with Crippen LogP contribution in [0.15, 0.2) is 96.1 Å². The summed E-state index contributed by atoms with van der Waals surface area (Å²) < 4.78 is 2.27. The molecule has 0 N–H and O–H groups in total. The zero-order valence-electron chi connectivity index (χ0n) is 19.0. The summed E-state index contributed by atoms with van der Waals surface area (Å²) in [5.41, 5.74) is 7.85. The Morgan fingerprint density at radius 1 is 0.812 bits per heavy atom. The van der Waals surface area contributed by atoms with Crippen molar-refractivity contribution in [2.45, 2.75) is 32.9 Å². The van der Waals surface area contributed by atoms with Crippen LogP contribution >= 0.6 is 0 Å². The molecular formula is C29H28N2O. The van der Waals surface area contributed by atoms with Crippen LogP contribution in [-0.4, -0.2) is 15.4 Å². The van der Waals surface area contributed by atoms with Gasteiger partial charge in [0.25, 0.3) is 5.91 Å². The number of amides is 1. The third-order valence-corrected chi connectivity index (χ3v) is 7.00. The second-order valence-electron chi connectivity index (χ2n) is 8.71. The van der Waals surface area contributed by atoms with Crippen LogP contribution in [0.5, 0.6) is 0 Å². The number of aromatic nitrogens is 1. The number of benzene rings is 3. The Kier molecular flexibility index (Phi) is 4.97. The molecule has 160 valence electrons. The number of nitrogens with zero attached hydrogens (tertiary/aromatic N) is 2. The van der Waals surface area contributed by atoms with Crippen molar-refractivity contribution in [3.8, 4) is 11.3 Å². The summed E-state index contributed by atoms with van der Waals surface area (Å²) in [6.07, 6.45) is 0. The van der Waals surface area contributed by atoms with Gasteiger partial charge < -0.3 is 9.47 Å². The van der Waals surface area contributed by atoms with Crippen molar-refractivity contribution in [3.05, 3.63) is 107 Å². The standard InChI is InChI=1S/C29H28N2O/c1-19-20(2)29(32)31(21(3)22-13-7-5-8-14-22)27(19)26-24-17-11-12-18-25(24)30(4)28(26)23-15-9-6-10-16-23/h5-18,21,27H,1-4H3. The lowest BCUT2D eigenvalue weighted by Crippen LogP contribution is -2.33. The van der Waals surface area contributed by atoms with Gasteiger partial charge in [-0.05, 0) is 43.5 Å². The molecule has 0 bridgehead atoms. The molecule has 3 heteroatoms. The van der Waals surface area contributed by atoms with E-state index in [1.54, 1.807) is 0 Å². The molecule has 4 aromatic rings. The minimum Gasteiger partial charge on any atom is -0.343 e. The first kappa shape index (κ1) is 20.3. The van der Waals surface area contributed by atoms with Gasteiger partial charge in [-0.1, -0.05) is 78.9 Å². The fraction of sp³-hybridized carbons (Fsp3) is 0.207. The monoisotopic (exact) mass is 420 g/mol. The van der Waals surface area contributed by atoms with Gasteiger partial charge in [0, 0.05) is 29.1 Å². The van der Waals surface area contributed by atoms with Crippen molar-refractivity contribution in [2.75, 3.05) is 0 Å². The van der Waals surface area contributed by atoms with Gasteiger partial charge in [0.05, 0.1) is 17.8 Å². The van der Waals surface area contributed by atoms with Crippen molar-refractivity contribution < 1.29 is 4.79 Å². The Hall–Kier alpha value is -3.59. The van der Waals surface area contributed by atoms with Gasteiger partial charge in [0.15, 0.2) is 0 Å². The molecule has 0 spiro atoms. The van der Waals surface area contributed by atoms with E-state index >= 15 is 0 Å². The maximum atomic E-state index is 13.6. The zero-order chi connectivity index (χ0) is 22.4. The minimum atomic E-state index is -0.112. The Morgan fingerprint density at radius 3 is 2.09 bits per heavy atom. The van der Waals surface area contributed by atoms with Gasteiger partial charge in [0.1, 0.15) is 0 Å². The van der Waals surface area contributed by atoms with E-state index < -0.39 is 0 Å². The topological polar surface area (TPSA) is 25.2 Å². The lowest BCUT2D eigenvalue weighted by molar-refractivity contribution is -0.129. The smallest absolute Gasteiger partial charge is 0.250 e. The van der Waals surface area contributed by atoms with Crippen LogP contribution in [0.1, 0.15) is 44.0 Å². The maximum Gasteiger partial charge on any atom is 0.250 e.